The van der Waals surface area contributed by atoms with E-state index in [0.717, 1.165) is 24.3 Å². The Labute approximate surface area is 115 Å². The molecule has 0 amide bonds. The summed E-state index contributed by atoms with van der Waals surface area (Å²) in [5.41, 5.74) is -0.237. The third-order valence-corrected chi connectivity index (χ3v) is 4.35. The Balaban J connectivity index is 3.12. The highest BCUT2D eigenvalue weighted by atomic mass is 79.9. The molecular weight excluding hydrogens is 356 g/mol. The molecule has 3 nitrogen and oxygen atoms in total. The molecule has 0 radical (unpaired) electrons. The summed E-state index contributed by atoms with van der Waals surface area (Å²) in [6.45, 7) is 0.0911. The highest BCUT2D eigenvalue weighted by Crippen LogP contribution is 2.47. The van der Waals surface area contributed by atoms with Gasteiger partial charge in [-0.25, -0.2) is 8.78 Å². The van der Waals surface area contributed by atoms with E-state index in [0.29, 0.717) is 0 Å². The fourth-order valence-electron chi connectivity index (χ4n) is 1.24. The molecule has 0 bridgehead atoms. The molecule has 0 saturated carbocycles. The van der Waals surface area contributed by atoms with Crippen LogP contribution in [0.1, 0.15) is 17.3 Å². The van der Waals surface area contributed by atoms with Crippen molar-refractivity contribution in [1.82, 2.24) is 0 Å². The van der Waals surface area contributed by atoms with Gasteiger partial charge in [0.1, 0.15) is 4.83 Å². The van der Waals surface area contributed by atoms with Crippen LogP contribution < -0.4 is 0 Å². The summed E-state index contributed by atoms with van der Waals surface area (Å²) in [4.78, 5) is -2.50. The first-order valence-electron chi connectivity index (χ1n) is 4.84. The van der Waals surface area contributed by atoms with Gasteiger partial charge in [-0.15, -0.1) is 0 Å². The van der Waals surface area contributed by atoms with Crippen molar-refractivity contribution >= 4 is 26.0 Å². The lowest BCUT2D eigenvalue weighted by Gasteiger charge is -2.27. The van der Waals surface area contributed by atoms with Crippen molar-refractivity contribution < 1.29 is 30.5 Å². The number of halogens is 5. The third-order valence-electron chi connectivity index (χ3n) is 2.37. The van der Waals surface area contributed by atoms with Crippen LogP contribution in [-0.4, -0.2) is 24.8 Å². The van der Waals surface area contributed by atoms with Crippen LogP contribution in [0.3, 0.4) is 0 Å². The molecule has 1 aromatic carbocycles. The summed E-state index contributed by atoms with van der Waals surface area (Å²) in [7, 11) is -4.46. The summed E-state index contributed by atoms with van der Waals surface area (Å²) < 4.78 is 82.5. The van der Waals surface area contributed by atoms with E-state index in [9.17, 15) is 26.0 Å². The zero-order valence-corrected chi connectivity index (χ0v) is 11.9. The van der Waals surface area contributed by atoms with Gasteiger partial charge in [0.05, 0.1) is 4.90 Å². The zero-order chi connectivity index (χ0) is 15.1. The van der Waals surface area contributed by atoms with E-state index in [4.69, 9.17) is 4.55 Å². The molecule has 0 heterocycles. The Kier molecular flexibility index (Phi) is 4.33. The maximum Gasteiger partial charge on any atom is 0.326 e. The number of alkyl halides is 5. The van der Waals surface area contributed by atoms with Crippen LogP contribution in [0.15, 0.2) is 29.2 Å². The molecule has 19 heavy (non-hydrogen) atoms. The lowest BCUT2D eigenvalue weighted by molar-refractivity contribution is -0.196. The Morgan fingerprint density at radius 2 is 1.58 bits per heavy atom. The molecule has 108 valence electrons. The largest absolute Gasteiger partial charge is 0.326 e. The number of hydrogen-bond donors (Lipinski definition) is 1. The number of rotatable bonds is 4. The van der Waals surface area contributed by atoms with Crippen molar-refractivity contribution in [2.45, 2.75) is 28.5 Å². The van der Waals surface area contributed by atoms with Crippen molar-refractivity contribution in [2.24, 2.45) is 0 Å². The lowest BCUT2D eigenvalue weighted by atomic mass is 10.0. The second-order valence-electron chi connectivity index (χ2n) is 3.92. The maximum absolute atomic E-state index is 13.4. The summed E-state index contributed by atoms with van der Waals surface area (Å²) in [5.74, 6) is -8.60. The van der Waals surface area contributed by atoms with E-state index in [1.165, 1.54) is 0 Å². The van der Waals surface area contributed by atoms with Crippen LogP contribution in [0.2, 0.25) is 0 Å². The van der Waals surface area contributed by atoms with Gasteiger partial charge in [0.25, 0.3) is 10.1 Å². The highest BCUT2D eigenvalue weighted by Gasteiger charge is 2.57. The second-order valence-corrected chi connectivity index (χ2v) is 6.26. The molecule has 0 aromatic heterocycles. The molecule has 0 aliphatic carbocycles. The molecule has 0 aliphatic rings. The molecule has 0 saturated heterocycles. The Morgan fingerprint density at radius 1 is 1.16 bits per heavy atom. The van der Waals surface area contributed by atoms with Crippen LogP contribution in [0, 0.1) is 0 Å². The van der Waals surface area contributed by atoms with Crippen LogP contribution >= 0.6 is 15.9 Å². The quantitative estimate of drug-likeness (QED) is 0.503. The number of benzene rings is 1. The summed E-state index contributed by atoms with van der Waals surface area (Å²) in [6.07, 6.45) is 0. The predicted molar refractivity (Wildman–Crippen MR) is 63.5 cm³/mol. The van der Waals surface area contributed by atoms with Gasteiger partial charge in [0.2, 0.25) is 0 Å². The first kappa shape index (κ1) is 16.4. The fraction of sp³-hybridized carbons (Fsp3) is 0.400. The molecular formula is C10H9BrF4O3S. The standard InChI is InChI=1S/C10H9BrF4O3S/c1-9(12,13)10(14,15)8(11)6-2-4-7(5-3-6)19(16,17)18/h2-5,8H,1H3,(H,16,17,18). The maximum atomic E-state index is 13.4. The van der Waals surface area contributed by atoms with Crippen LogP contribution in [0.25, 0.3) is 0 Å². The predicted octanol–water partition coefficient (Wildman–Crippen LogP) is 3.66. The van der Waals surface area contributed by atoms with Gasteiger partial charge in [-0.05, 0) is 17.7 Å². The minimum absolute atomic E-state index is 0.0911. The van der Waals surface area contributed by atoms with Crippen LogP contribution in [0.5, 0.6) is 0 Å². The van der Waals surface area contributed by atoms with E-state index < -0.39 is 31.7 Å². The minimum atomic E-state index is -4.46. The fourth-order valence-corrected chi connectivity index (χ4v) is 2.43. The van der Waals surface area contributed by atoms with E-state index in [1.54, 1.807) is 0 Å². The first-order chi connectivity index (χ1) is 8.37. The molecule has 0 spiro atoms. The number of hydrogen-bond acceptors (Lipinski definition) is 2. The van der Waals surface area contributed by atoms with Crippen molar-refractivity contribution in [1.29, 1.82) is 0 Å². The van der Waals surface area contributed by atoms with Crippen LogP contribution in [0.4, 0.5) is 17.6 Å². The molecule has 1 unspecified atom stereocenters. The van der Waals surface area contributed by atoms with Gasteiger partial charge >= 0.3 is 11.8 Å². The van der Waals surface area contributed by atoms with Gasteiger partial charge in [0.15, 0.2) is 0 Å². The van der Waals surface area contributed by atoms with E-state index in [1.807, 2.05) is 0 Å². The van der Waals surface area contributed by atoms with Gasteiger partial charge in [-0.2, -0.15) is 17.2 Å². The second kappa shape index (κ2) is 5.02. The molecule has 1 rings (SSSR count). The van der Waals surface area contributed by atoms with E-state index in [-0.39, 0.29) is 12.5 Å². The molecule has 0 aliphatic heterocycles. The van der Waals surface area contributed by atoms with E-state index in [2.05, 4.69) is 15.9 Å². The Bertz CT molecular complexity index is 551. The monoisotopic (exact) mass is 364 g/mol. The van der Waals surface area contributed by atoms with Gasteiger partial charge in [-0.1, -0.05) is 28.1 Å². The smallest absolute Gasteiger partial charge is 0.282 e. The van der Waals surface area contributed by atoms with Crippen molar-refractivity contribution in [2.75, 3.05) is 0 Å². The molecule has 1 N–H and O–H groups in total. The topological polar surface area (TPSA) is 54.4 Å². The summed E-state index contributed by atoms with van der Waals surface area (Å²) in [5, 5.41) is 0. The van der Waals surface area contributed by atoms with Gasteiger partial charge in [0, 0.05) is 6.92 Å². The molecule has 1 aromatic rings. The Hall–Kier alpha value is -0.670. The normalized spacial score (nSPS) is 15.3. The van der Waals surface area contributed by atoms with Gasteiger partial charge < -0.3 is 0 Å². The highest BCUT2D eigenvalue weighted by molar-refractivity contribution is 9.09. The van der Waals surface area contributed by atoms with E-state index >= 15 is 0 Å². The molecule has 9 heteroatoms. The summed E-state index contributed by atoms with van der Waals surface area (Å²) in [6, 6.07) is 3.54. The SMILES string of the molecule is CC(F)(F)C(F)(F)C(Br)c1ccc(S(=O)(=O)O)cc1. The Morgan fingerprint density at radius 3 is 1.89 bits per heavy atom. The molecule has 0 fully saturated rings. The van der Waals surface area contributed by atoms with Gasteiger partial charge in [-0.3, -0.25) is 4.55 Å². The van der Waals surface area contributed by atoms with Crippen molar-refractivity contribution in [3.05, 3.63) is 29.8 Å². The molecule has 1 atom stereocenters. The average molecular weight is 365 g/mol. The first-order valence-corrected chi connectivity index (χ1v) is 7.20. The van der Waals surface area contributed by atoms with Crippen molar-refractivity contribution in [3.63, 3.8) is 0 Å². The lowest BCUT2D eigenvalue weighted by Crippen LogP contribution is -2.41. The van der Waals surface area contributed by atoms with Crippen LogP contribution in [-0.2, 0) is 10.1 Å². The average Bonchev–Trinajstić information content (AvgIpc) is 2.25. The van der Waals surface area contributed by atoms with Crippen molar-refractivity contribution in [3.8, 4) is 0 Å². The minimum Gasteiger partial charge on any atom is -0.282 e. The zero-order valence-electron chi connectivity index (χ0n) is 9.45. The third kappa shape index (κ3) is 3.46. The summed E-state index contributed by atoms with van der Waals surface area (Å²) >= 11 is 2.48.